The Hall–Kier alpha value is -1.37. The second-order valence-electron chi connectivity index (χ2n) is 5.31. The van der Waals surface area contributed by atoms with Gasteiger partial charge in [-0.25, -0.2) is 0 Å². The van der Waals surface area contributed by atoms with Crippen molar-refractivity contribution in [3.63, 3.8) is 0 Å². The highest BCUT2D eigenvalue weighted by Crippen LogP contribution is 2.37. The van der Waals surface area contributed by atoms with Crippen molar-refractivity contribution in [2.24, 2.45) is 11.5 Å². The molecular weight excluding hydrogens is 297 g/mol. The van der Waals surface area contributed by atoms with Crippen molar-refractivity contribution in [2.45, 2.75) is 31.6 Å². The van der Waals surface area contributed by atoms with Crippen molar-refractivity contribution in [3.05, 3.63) is 57.3 Å². The van der Waals surface area contributed by atoms with Crippen molar-refractivity contribution in [3.8, 4) is 0 Å². The molecule has 0 saturated carbocycles. The van der Waals surface area contributed by atoms with Gasteiger partial charge in [-0.15, -0.1) is 11.3 Å². The first-order valence-electron chi connectivity index (χ1n) is 6.40. The predicted octanol–water partition coefficient (Wildman–Crippen LogP) is 3.95. The molecule has 2 aromatic rings. The van der Waals surface area contributed by atoms with Crippen LogP contribution >= 0.6 is 11.3 Å². The van der Waals surface area contributed by atoms with Crippen LogP contribution in [0.1, 0.15) is 34.5 Å². The second-order valence-corrected chi connectivity index (χ2v) is 6.25. The molecule has 0 aliphatic rings. The average Bonchev–Trinajstić information content (AvgIpc) is 2.83. The zero-order valence-corrected chi connectivity index (χ0v) is 12.6. The SMILES string of the molecule is Cc1ccsc1C(N)C(C)(N)c1cccc(C(F)(F)F)c1. The highest BCUT2D eigenvalue weighted by atomic mass is 32.1. The van der Waals surface area contributed by atoms with Crippen LogP contribution in [0.2, 0.25) is 0 Å². The molecule has 21 heavy (non-hydrogen) atoms. The lowest BCUT2D eigenvalue weighted by Gasteiger charge is -2.32. The van der Waals surface area contributed by atoms with Crippen molar-refractivity contribution < 1.29 is 13.2 Å². The van der Waals surface area contributed by atoms with Gasteiger partial charge in [0, 0.05) is 4.88 Å². The van der Waals surface area contributed by atoms with Crippen molar-refractivity contribution in [1.29, 1.82) is 0 Å². The normalized spacial score (nSPS) is 16.5. The third kappa shape index (κ3) is 3.12. The van der Waals surface area contributed by atoms with Crippen LogP contribution in [0.4, 0.5) is 13.2 Å². The summed E-state index contributed by atoms with van der Waals surface area (Å²) in [6.07, 6.45) is -4.39. The lowest BCUT2D eigenvalue weighted by molar-refractivity contribution is -0.137. The summed E-state index contributed by atoms with van der Waals surface area (Å²) >= 11 is 1.46. The lowest BCUT2D eigenvalue weighted by atomic mass is 9.83. The molecule has 6 heteroatoms. The van der Waals surface area contributed by atoms with E-state index in [1.165, 1.54) is 17.4 Å². The first kappa shape index (κ1) is 16.0. The van der Waals surface area contributed by atoms with Gasteiger partial charge < -0.3 is 11.5 Å². The molecule has 4 N–H and O–H groups in total. The number of halogens is 3. The summed E-state index contributed by atoms with van der Waals surface area (Å²) in [5.41, 5.74) is 12.0. The summed E-state index contributed by atoms with van der Waals surface area (Å²) in [6, 6.07) is 6.39. The van der Waals surface area contributed by atoms with Gasteiger partial charge in [0.2, 0.25) is 0 Å². The van der Waals surface area contributed by atoms with Crippen LogP contribution in [0, 0.1) is 6.92 Å². The fourth-order valence-corrected chi connectivity index (χ4v) is 3.25. The van der Waals surface area contributed by atoms with Gasteiger partial charge in [0.1, 0.15) is 0 Å². The maximum atomic E-state index is 12.8. The fourth-order valence-electron chi connectivity index (χ4n) is 2.19. The smallest absolute Gasteiger partial charge is 0.321 e. The lowest BCUT2D eigenvalue weighted by Crippen LogP contribution is -2.44. The number of hydrogen-bond acceptors (Lipinski definition) is 3. The highest BCUT2D eigenvalue weighted by Gasteiger charge is 2.35. The van der Waals surface area contributed by atoms with Crippen molar-refractivity contribution in [2.75, 3.05) is 0 Å². The molecule has 2 rings (SSSR count). The van der Waals surface area contributed by atoms with E-state index in [1.54, 1.807) is 13.0 Å². The molecule has 1 heterocycles. The van der Waals surface area contributed by atoms with Crippen molar-refractivity contribution in [1.82, 2.24) is 0 Å². The number of hydrogen-bond donors (Lipinski definition) is 2. The van der Waals surface area contributed by atoms with E-state index < -0.39 is 23.3 Å². The van der Waals surface area contributed by atoms with E-state index in [-0.39, 0.29) is 0 Å². The molecular formula is C15H17F3N2S. The zero-order chi connectivity index (χ0) is 15.8. The molecule has 2 unspecified atom stereocenters. The standard InChI is InChI=1S/C15H17F3N2S/c1-9-6-7-21-12(9)13(19)14(2,20)10-4-3-5-11(8-10)15(16,17)18/h3-8,13H,19-20H2,1-2H3. The molecule has 2 nitrogen and oxygen atoms in total. The average molecular weight is 314 g/mol. The van der Waals surface area contributed by atoms with Crippen LogP contribution in [0.25, 0.3) is 0 Å². The molecule has 2 atom stereocenters. The Labute approximate surface area is 125 Å². The molecule has 114 valence electrons. The van der Waals surface area contributed by atoms with Gasteiger partial charge in [-0.1, -0.05) is 12.1 Å². The first-order chi connectivity index (χ1) is 9.64. The third-order valence-corrected chi connectivity index (χ3v) is 4.74. The molecule has 0 fully saturated rings. The Morgan fingerprint density at radius 1 is 1.14 bits per heavy atom. The maximum absolute atomic E-state index is 12.8. The third-order valence-electron chi connectivity index (χ3n) is 3.64. The van der Waals surface area contributed by atoms with Gasteiger partial charge in [0.05, 0.1) is 17.1 Å². The molecule has 0 saturated heterocycles. The monoisotopic (exact) mass is 314 g/mol. The van der Waals surface area contributed by atoms with Gasteiger partial charge in [-0.05, 0) is 48.6 Å². The molecule has 0 radical (unpaired) electrons. The largest absolute Gasteiger partial charge is 0.416 e. The Kier molecular flexibility index (Phi) is 4.15. The minimum atomic E-state index is -4.39. The van der Waals surface area contributed by atoms with Crippen LogP contribution in [0.5, 0.6) is 0 Å². The number of alkyl halides is 3. The zero-order valence-electron chi connectivity index (χ0n) is 11.7. The number of thiophene rings is 1. The molecule has 1 aromatic carbocycles. The minimum Gasteiger partial charge on any atom is -0.321 e. The first-order valence-corrected chi connectivity index (χ1v) is 7.28. The van der Waals surface area contributed by atoms with Crippen LogP contribution < -0.4 is 11.5 Å². The van der Waals surface area contributed by atoms with Gasteiger partial charge >= 0.3 is 6.18 Å². The molecule has 0 aliphatic heterocycles. The Balaban J connectivity index is 2.42. The van der Waals surface area contributed by atoms with E-state index in [2.05, 4.69) is 0 Å². The van der Waals surface area contributed by atoms with Crippen molar-refractivity contribution >= 4 is 11.3 Å². The summed E-state index contributed by atoms with van der Waals surface area (Å²) in [6.45, 7) is 3.57. The van der Waals surface area contributed by atoms with Crippen LogP contribution in [-0.4, -0.2) is 0 Å². The van der Waals surface area contributed by atoms with Gasteiger partial charge in [-0.2, -0.15) is 13.2 Å². The van der Waals surface area contributed by atoms with E-state index >= 15 is 0 Å². The fraction of sp³-hybridized carbons (Fsp3) is 0.333. The number of aryl methyl sites for hydroxylation is 1. The van der Waals surface area contributed by atoms with Crippen LogP contribution in [0.3, 0.4) is 0 Å². The minimum absolute atomic E-state index is 0.373. The molecule has 0 bridgehead atoms. The number of nitrogens with two attached hydrogens (primary N) is 2. The van der Waals surface area contributed by atoms with E-state index in [0.29, 0.717) is 5.56 Å². The Morgan fingerprint density at radius 2 is 1.76 bits per heavy atom. The molecule has 0 amide bonds. The summed E-state index contributed by atoms with van der Waals surface area (Å²) in [7, 11) is 0. The Morgan fingerprint density at radius 3 is 2.29 bits per heavy atom. The van der Waals surface area contributed by atoms with E-state index in [9.17, 15) is 13.2 Å². The van der Waals surface area contributed by atoms with Gasteiger partial charge in [-0.3, -0.25) is 0 Å². The number of benzene rings is 1. The molecule has 0 spiro atoms. The van der Waals surface area contributed by atoms with Gasteiger partial charge in [0.25, 0.3) is 0 Å². The molecule has 1 aromatic heterocycles. The Bertz CT molecular complexity index is 632. The predicted molar refractivity (Wildman–Crippen MR) is 79.0 cm³/mol. The second kappa shape index (κ2) is 5.44. The quantitative estimate of drug-likeness (QED) is 0.901. The van der Waals surface area contributed by atoms with E-state index in [0.717, 1.165) is 22.6 Å². The summed E-state index contributed by atoms with van der Waals surface area (Å²) in [5, 5.41) is 1.90. The molecule has 0 aliphatic carbocycles. The van der Waals surface area contributed by atoms with Crippen LogP contribution in [0.15, 0.2) is 35.7 Å². The maximum Gasteiger partial charge on any atom is 0.416 e. The van der Waals surface area contributed by atoms with Gasteiger partial charge in [0.15, 0.2) is 0 Å². The number of rotatable bonds is 3. The van der Waals surface area contributed by atoms with Crippen LogP contribution in [-0.2, 0) is 11.7 Å². The highest BCUT2D eigenvalue weighted by molar-refractivity contribution is 7.10. The summed E-state index contributed by atoms with van der Waals surface area (Å²) < 4.78 is 38.5. The summed E-state index contributed by atoms with van der Waals surface area (Å²) in [4.78, 5) is 0.886. The topological polar surface area (TPSA) is 52.0 Å². The van der Waals surface area contributed by atoms with E-state index in [1.807, 2.05) is 18.4 Å². The summed E-state index contributed by atoms with van der Waals surface area (Å²) in [5.74, 6) is 0. The van der Waals surface area contributed by atoms with E-state index in [4.69, 9.17) is 11.5 Å².